The van der Waals surface area contributed by atoms with E-state index >= 15 is 0 Å². The van der Waals surface area contributed by atoms with Crippen LogP contribution in [0.15, 0.2) is 0 Å². The molecule has 0 radical (unpaired) electrons. The molecule has 0 saturated carbocycles. The molecule has 0 aliphatic carbocycles. The van der Waals surface area contributed by atoms with Crippen LogP contribution in [0.5, 0.6) is 0 Å². The highest BCUT2D eigenvalue weighted by Crippen LogP contribution is 2.13. The van der Waals surface area contributed by atoms with Gasteiger partial charge < -0.3 is 20.8 Å². The highest BCUT2D eigenvalue weighted by Gasteiger charge is 2.25. The highest BCUT2D eigenvalue weighted by molar-refractivity contribution is 6.00. The van der Waals surface area contributed by atoms with Crippen molar-refractivity contribution in [3.05, 3.63) is 0 Å². The Morgan fingerprint density at radius 2 is 1.27 bits per heavy atom. The van der Waals surface area contributed by atoms with E-state index in [-0.39, 0.29) is 38.1 Å². The number of hydrogen-bond donors (Lipinski definition) is 4. The lowest BCUT2D eigenvalue weighted by Gasteiger charge is -2.16. The molecule has 0 bridgehead atoms. The number of rotatable bonds is 14. The van der Waals surface area contributed by atoms with Crippen LogP contribution >= 0.6 is 0 Å². The molecule has 6 heteroatoms. The van der Waals surface area contributed by atoms with Crippen LogP contribution in [0.4, 0.5) is 0 Å². The van der Waals surface area contributed by atoms with E-state index in [9.17, 15) is 9.59 Å². The van der Waals surface area contributed by atoms with Gasteiger partial charge in [-0.25, -0.2) is 0 Å². The maximum atomic E-state index is 12.0. The van der Waals surface area contributed by atoms with Crippen molar-refractivity contribution in [2.24, 2.45) is 5.92 Å². The average molecular weight is 316 g/mol. The maximum absolute atomic E-state index is 12.0. The first-order valence-electron chi connectivity index (χ1n) is 8.44. The predicted molar refractivity (Wildman–Crippen MR) is 86.3 cm³/mol. The number of unbranched alkanes of at least 4 members (excludes halogenated alkanes) is 6. The molecule has 0 fully saturated rings. The van der Waals surface area contributed by atoms with Gasteiger partial charge in [0.1, 0.15) is 5.92 Å². The van der Waals surface area contributed by atoms with Crippen molar-refractivity contribution in [2.45, 2.75) is 58.3 Å². The Kier molecular flexibility index (Phi) is 14.0. The number of carbonyl (C=O) groups is 2. The van der Waals surface area contributed by atoms with E-state index < -0.39 is 5.92 Å². The van der Waals surface area contributed by atoms with Crippen LogP contribution in [0.2, 0.25) is 0 Å². The standard InChI is InChI=1S/C16H32N2O4/c1-2-3-4-5-6-7-8-9-14(15(21)17-10-12-19)16(22)18-11-13-20/h14,19-20H,2-13H2,1H3,(H,17,21)(H,18,22). The van der Waals surface area contributed by atoms with Crippen LogP contribution in [-0.4, -0.2) is 48.3 Å². The van der Waals surface area contributed by atoms with Gasteiger partial charge >= 0.3 is 0 Å². The van der Waals surface area contributed by atoms with E-state index in [1.165, 1.54) is 25.7 Å². The SMILES string of the molecule is CCCCCCCCCC(C(=O)NCCO)C(=O)NCCO. The number of amides is 2. The Labute approximate surface area is 133 Å². The maximum Gasteiger partial charge on any atom is 0.232 e. The number of aliphatic hydroxyl groups is 2. The summed E-state index contributed by atoms with van der Waals surface area (Å²) in [5.41, 5.74) is 0. The van der Waals surface area contributed by atoms with E-state index in [0.717, 1.165) is 19.3 Å². The van der Waals surface area contributed by atoms with Crippen molar-refractivity contribution in [1.82, 2.24) is 10.6 Å². The van der Waals surface area contributed by atoms with Gasteiger partial charge in [-0.15, -0.1) is 0 Å². The Morgan fingerprint density at radius 1 is 0.818 bits per heavy atom. The van der Waals surface area contributed by atoms with Crippen LogP contribution < -0.4 is 10.6 Å². The second kappa shape index (κ2) is 14.8. The van der Waals surface area contributed by atoms with Gasteiger partial charge in [0.05, 0.1) is 13.2 Å². The van der Waals surface area contributed by atoms with Gasteiger partial charge in [0.25, 0.3) is 0 Å². The van der Waals surface area contributed by atoms with Crippen molar-refractivity contribution >= 4 is 11.8 Å². The number of aliphatic hydroxyl groups excluding tert-OH is 2. The number of nitrogens with one attached hydrogen (secondary N) is 2. The van der Waals surface area contributed by atoms with E-state index in [1.54, 1.807) is 0 Å². The van der Waals surface area contributed by atoms with Crippen LogP contribution in [0.25, 0.3) is 0 Å². The first-order valence-corrected chi connectivity index (χ1v) is 8.44. The van der Waals surface area contributed by atoms with Gasteiger partial charge in [-0.2, -0.15) is 0 Å². The molecule has 22 heavy (non-hydrogen) atoms. The Hall–Kier alpha value is -1.14. The summed E-state index contributed by atoms with van der Waals surface area (Å²) in [6, 6.07) is 0. The third-order valence-corrected chi connectivity index (χ3v) is 3.55. The minimum absolute atomic E-state index is 0.145. The van der Waals surface area contributed by atoms with E-state index in [1.807, 2.05) is 0 Å². The van der Waals surface area contributed by atoms with Crippen LogP contribution in [0.3, 0.4) is 0 Å². The molecule has 0 aliphatic rings. The summed E-state index contributed by atoms with van der Waals surface area (Å²) >= 11 is 0. The van der Waals surface area contributed by atoms with Crippen molar-refractivity contribution in [3.63, 3.8) is 0 Å². The van der Waals surface area contributed by atoms with E-state index in [0.29, 0.717) is 6.42 Å². The summed E-state index contributed by atoms with van der Waals surface area (Å²) in [5.74, 6) is -1.44. The zero-order valence-corrected chi connectivity index (χ0v) is 13.8. The topological polar surface area (TPSA) is 98.7 Å². The largest absolute Gasteiger partial charge is 0.395 e. The highest BCUT2D eigenvalue weighted by atomic mass is 16.3. The fourth-order valence-corrected chi connectivity index (χ4v) is 2.29. The second-order valence-electron chi connectivity index (χ2n) is 5.49. The molecule has 0 aliphatic heterocycles. The molecule has 6 nitrogen and oxygen atoms in total. The van der Waals surface area contributed by atoms with Gasteiger partial charge in [0.15, 0.2) is 0 Å². The number of hydrogen-bond acceptors (Lipinski definition) is 4. The molecule has 0 atom stereocenters. The fraction of sp³-hybridized carbons (Fsp3) is 0.875. The lowest BCUT2D eigenvalue weighted by Crippen LogP contribution is -2.42. The van der Waals surface area contributed by atoms with Crippen molar-refractivity contribution in [2.75, 3.05) is 26.3 Å². The van der Waals surface area contributed by atoms with Crippen molar-refractivity contribution in [3.8, 4) is 0 Å². The second-order valence-corrected chi connectivity index (χ2v) is 5.49. The zero-order valence-electron chi connectivity index (χ0n) is 13.8. The quantitative estimate of drug-likeness (QED) is 0.283. The Balaban J connectivity index is 4.11. The molecule has 0 rings (SSSR count). The third kappa shape index (κ3) is 10.6. The summed E-state index contributed by atoms with van der Waals surface area (Å²) in [6.45, 7) is 2.20. The summed E-state index contributed by atoms with van der Waals surface area (Å²) in [4.78, 5) is 23.9. The van der Waals surface area contributed by atoms with Crippen LogP contribution in [-0.2, 0) is 9.59 Å². The van der Waals surface area contributed by atoms with Gasteiger partial charge in [-0.1, -0.05) is 51.9 Å². The summed E-state index contributed by atoms with van der Waals surface area (Å²) in [7, 11) is 0. The van der Waals surface area contributed by atoms with Crippen molar-refractivity contribution < 1.29 is 19.8 Å². The summed E-state index contributed by atoms with van der Waals surface area (Å²) in [6.07, 6.45) is 8.40. The molecule has 0 saturated heterocycles. The number of carbonyl (C=O) groups excluding carboxylic acids is 2. The molecule has 0 heterocycles. The smallest absolute Gasteiger partial charge is 0.232 e. The summed E-state index contributed by atoms with van der Waals surface area (Å²) in [5, 5.41) is 22.6. The normalized spacial score (nSPS) is 10.7. The molecule has 0 aromatic heterocycles. The first-order chi connectivity index (χ1) is 10.7. The van der Waals surface area contributed by atoms with Gasteiger partial charge in [0.2, 0.25) is 11.8 Å². The van der Waals surface area contributed by atoms with Crippen molar-refractivity contribution in [1.29, 1.82) is 0 Å². The summed E-state index contributed by atoms with van der Waals surface area (Å²) < 4.78 is 0. The van der Waals surface area contributed by atoms with Gasteiger partial charge in [0, 0.05) is 13.1 Å². The minimum Gasteiger partial charge on any atom is -0.395 e. The molecule has 0 aromatic carbocycles. The van der Waals surface area contributed by atoms with E-state index in [4.69, 9.17) is 10.2 Å². The van der Waals surface area contributed by atoms with Gasteiger partial charge in [-0.3, -0.25) is 9.59 Å². The monoisotopic (exact) mass is 316 g/mol. The molecule has 2 amide bonds. The first kappa shape index (κ1) is 20.9. The lowest BCUT2D eigenvalue weighted by molar-refractivity contribution is -0.135. The minimum atomic E-state index is -0.742. The molecule has 0 unspecified atom stereocenters. The van der Waals surface area contributed by atoms with Gasteiger partial charge in [-0.05, 0) is 6.42 Å². The molecule has 4 N–H and O–H groups in total. The molecular weight excluding hydrogens is 284 g/mol. The molecule has 0 spiro atoms. The zero-order chi connectivity index (χ0) is 16.6. The molecule has 0 aromatic rings. The third-order valence-electron chi connectivity index (χ3n) is 3.55. The molecule has 130 valence electrons. The van der Waals surface area contributed by atoms with E-state index in [2.05, 4.69) is 17.6 Å². The average Bonchev–Trinajstić information content (AvgIpc) is 2.53. The Bertz CT molecular complexity index is 278. The lowest BCUT2D eigenvalue weighted by atomic mass is 9.98. The van der Waals surface area contributed by atoms with Crippen LogP contribution in [0.1, 0.15) is 58.3 Å². The predicted octanol–water partition coefficient (Wildman–Crippen LogP) is 0.960. The fourth-order valence-electron chi connectivity index (χ4n) is 2.29. The molecular formula is C16H32N2O4. The van der Waals surface area contributed by atoms with Crippen LogP contribution in [0, 0.1) is 5.92 Å². The Morgan fingerprint density at radius 3 is 1.73 bits per heavy atom.